The van der Waals surface area contributed by atoms with Crippen LogP contribution in [0.15, 0.2) is 41.1 Å². The normalized spacial score (nSPS) is 14.5. The zero-order chi connectivity index (χ0) is 18.5. The van der Waals surface area contributed by atoms with Crippen molar-refractivity contribution in [3.05, 3.63) is 40.8 Å². The predicted octanol–water partition coefficient (Wildman–Crippen LogP) is 1.01. The number of anilines is 1. The number of piperazine rings is 1. The van der Waals surface area contributed by atoms with Gasteiger partial charge in [0.1, 0.15) is 0 Å². The molecule has 1 aliphatic rings. The summed E-state index contributed by atoms with van der Waals surface area (Å²) in [5, 5.41) is 14.5. The Kier molecular flexibility index (Phi) is 5.58. The van der Waals surface area contributed by atoms with E-state index in [4.69, 9.17) is 0 Å². The number of rotatable bonds is 6. The number of thiophene rings is 1. The van der Waals surface area contributed by atoms with Gasteiger partial charge < -0.3 is 9.80 Å². The van der Waals surface area contributed by atoms with Crippen LogP contribution in [0.4, 0.5) is 5.95 Å². The fourth-order valence-corrected chi connectivity index (χ4v) is 4.24. The van der Waals surface area contributed by atoms with Crippen LogP contribution in [0.25, 0.3) is 0 Å². The van der Waals surface area contributed by atoms with E-state index in [0.29, 0.717) is 36.5 Å². The molecule has 3 aromatic heterocycles. The van der Waals surface area contributed by atoms with Gasteiger partial charge in [0.05, 0.1) is 12.3 Å². The highest BCUT2D eigenvalue weighted by Crippen LogP contribution is 2.18. The Hall–Kier alpha value is -2.53. The minimum atomic E-state index is 0.0966. The van der Waals surface area contributed by atoms with Crippen LogP contribution in [0.5, 0.6) is 0 Å². The molecule has 0 radical (unpaired) electrons. The summed E-state index contributed by atoms with van der Waals surface area (Å²) in [5.41, 5.74) is 0. The molecule has 3 aromatic rings. The van der Waals surface area contributed by atoms with E-state index in [1.54, 1.807) is 34.5 Å². The van der Waals surface area contributed by atoms with Crippen LogP contribution in [0.3, 0.4) is 0 Å². The molecular weight excluding hydrogens is 384 g/mol. The van der Waals surface area contributed by atoms with Crippen LogP contribution in [-0.2, 0) is 11.3 Å². The summed E-state index contributed by atoms with van der Waals surface area (Å²) in [6, 6.07) is 5.84. The quantitative estimate of drug-likeness (QED) is 0.564. The Morgan fingerprint density at radius 2 is 1.96 bits per heavy atom. The number of hydrogen-bond acceptors (Lipinski definition) is 9. The van der Waals surface area contributed by atoms with E-state index >= 15 is 0 Å². The zero-order valence-electron chi connectivity index (χ0n) is 14.5. The maximum Gasteiger partial charge on any atom is 0.233 e. The number of nitrogens with zero attached hydrogens (tertiary/aromatic N) is 8. The van der Waals surface area contributed by atoms with Crippen molar-refractivity contribution >= 4 is 35.0 Å². The van der Waals surface area contributed by atoms with Crippen molar-refractivity contribution in [2.75, 3.05) is 36.8 Å². The minimum Gasteiger partial charge on any atom is -0.338 e. The molecule has 0 spiro atoms. The lowest BCUT2D eigenvalue weighted by Gasteiger charge is -2.34. The van der Waals surface area contributed by atoms with Crippen molar-refractivity contribution in [2.45, 2.75) is 11.7 Å². The molecule has 9 nitrogen and oxygen atoms in total. The molecule has 11 heteroatoms. The summed E-state index contributed by atoms with van der Waals surface area (Å²) in [5.74, 6) is 1.14. The summed E-state index contributed by atoms with van der Waals surface area (Å²) in [6.45, 7) is 3.42. The van der Waals surface area contributed by atoms with Crippen LogP contribution >= 0.6 is 23.1 Å². The Bertz CT molecular complexity index is 862. The van der Waals surface area contributed by atoms with Gasteiger partial charge in [0.25, 0.3) is 0 Å². The van der Waals surface area contributed by atoms with Crippen LogP contribution in [0.1, 0.15) is 4.88 Å². The van der Waals surface area contributed by atoms with Gasteiger partial charge in [0.2, 0.25) is 17.0 Å². The van der Waals surface area contributed by atoms with Crippen LogP contribution in [0.2, 0.25) is 0 Å². The number of thioether (sulfide) groups is 1. The number of carbonyl (C=O) groups excluding carboxylic acids is 1. The molecule has 0 saturated carbocycles. The Morgan fingerprint density at radius 3 is 2.70 bits per heavy atom. The van der Waals surface area contributed by atoms with Gasteiger partial charge in [-0.15, -0.1) is 16.4 Å². The summed E-state index contributed by atoms with van der Waals surface area (Å²) < 4.78 is 1.73. The second kappa shape index (κ2) is 8.44. The van der Waals surface area contributed by atoms with Gasteiger partial charge in [-0.25, -0.2) is 14.6 Å². The molecule has 1 aliphatic heterocycles. The van der Waals surface area contributed by atoms with Crippen LogP contribution < -0.4 is 4.90 Å². The molecule has 0 unspecified atom stereocenters. The van der Waals surface area contributed by atoms with E-state index < -0.39 is 0 Å². The van der Waals surface area contributed by atoms with E-state index in [1.807, 2.05) is 22.4 Å². The van der Waals surface area contributed by atoms with Crippen molar-refractivity contribution in [3.8, 4) is 0 Å². The minimum absolute atomic E-state index is 0.0966. The van der Waals surface area contributed by atoms with Crippen molar-refractivity contribution < 1.29 is 4.79 Å². The highest BCUT2D eigenvalue weighted by Gasteiger charge is 2.23. The fourth-order valence-electron chi connectivity index (χ4n) is 2.78. The first-order valence-corrected chi connectivity index (χ1v) is 10.4. The maximum absolute atomic E-state index is 12.5. The third-order valence-corrected chi connectivity index (χ3v) is 5.98. The highest BCUT2D eigenvalue weighted by molar-refractivity contribution is 7.99. The Labute approximate surface area is 164 Å². The Morgan fingerprint density at radius 1 is 1.15 bits per heavy atom. The molecule has 0 aliphatic carbocycles. The standard InChI is InChI=1S/C16H18N8OS2/c25-14(22-6-8-23(9-7-22)15-17-4-2-5-18-15)12-27-16-19-20-21-24(16)11-13-3-1-10-26-13/h1-5,10H,6-9,11-12H2. The summed E-state index contributed by atoms with van der Waals surface area (Å²) in [6.07, 6.45) is 3.47. The average molecular weight is 403 g/mol. The molecule has 4 heterocycles. The Balaban J connectivity index is 1.28. The largest absolute Gasteiger partial charge is 0.338 e. The van der Waals surface area contributed by atoms with Gasteiger partial charge in [0.15, 0.2) is 0 Å². The van der Waals surface area contributed by atoms with Gasteiger partial charge in [-0.05, 0) is 27.9 Å². The summed E-state index contributed by atoms with van der Waals surface area (Å²) in [7, 11) is 0. The van der Waals surface area contributed by atoms with E-state index in [2.05, 4.69) is 30.4 Å². The number of tetrazole rings is 1. The molecular formula is C16H18N8OS2. The SMILES string of the molecule is O=C(CSc1nnnn1Cc1cccs1)N1CCN(c2ncccn2)CC1. The predicted molar refractivity (Wildman–Crippen MR) is 103 cm³/mol. The third-order valence-electron chi connectivity index (χ3n) is 4.18. The highest BCUT2D eigenvalue weighted by atomic mass is 32.2. The second-order valence-corrected chi connectivity index (χ2v) is 7.88. The number of hydrogen-bond donors (Lipinski definition) is 0. The summed E-state index contributed by atoms with van der Waals surface area (Å²) >= 11 is 3.04. The van der Waals surface area contributed by atoms with Gasteiger partial charge >= 0.3 is 0 Å². The lowest BCUT2D eigenvalue weighted by Crippen LogP contribution is -2.49. The number of aromatic nitrogens is 6. The second-order valence-electron chi connectivity index (χ2n) is 5.90. The molecule has 0 bridgehead atoms. The maximum atomic E-state index is 12.5. The van der Waals surface area contributed by atoms with Crippen LogP contribution in [-0.4, -0.2) is 72.9 Å². The van der Waals surface area contributed by atoms with Gasteiger partial charge in [-0.1, -0.05) is 17.8 Å². The van der Waals surface area contributed by atoms with E-state index in [9.17, 15) is 4.79 Å². The molecule has 1 saturated heterocycles. The van der Waals surface area contributed by atoms with Gasteiger partial charge in [0, 0.05) is 43.4 Å². The van der Waals surface area contributed by atoms with Crippen molar-refractivity contribution in [3.63, 3.8) is 0 Å². The van der Waals surface area contributed by atoms with E-state index in [-0.39, 0.29) is 5.91 Å². The lowest BCUT2D eigenvalue weighted by molar-refractivity contribution is -0.128. The van der Waals surface area contributed by atoms with Crippen molar-refractivity contribution in [2.24, 2.45) is 0 Å². The molecule has 0 N–H and O–H groups in total. The first-order chi connectivity index (χ1) is 13.3. The molecule has 27 heavy (non-hydrogen) atoms. The third kappa shape index (κ3) is 4.42. The molecule has 4 rings (SSSR count). The lowest BCUT2D eigenvalue weighted by atomic mass is 10.3. The number of carbonyl (C=O) groups is 1. The zero-order valence-corrected chi connectivity index (χ0v) is 16.1. The molecule has 0 atom stereocenters. The number of amides is 1. The van der Waals surface area contributed by atoms with Gasteiger partial charge in [-0.2, -0.15) is 0 Å². The molecule has 0 aromatic carbocycles. The van der Waals surface area contributed by atoms with E-state index in [0.717, 1.165) is 13.1 Å². The van der Waals surface area contributed by atoms with Crippen molar-refractivity contribution in [1.29, 1.82) is 0 Å². The molecule has 1 amide bonds. The summed E-state index contributed by atoms with van der Waals surface area (Å²) in [4.78, 5) is 26.2. The first-order valence-electron chi connectivity index (χ1n) is 8.51. The van der Waals surface area contributed by atoms with Crippen molar-refractivity contribution in [1.82, 2.24) is 35.1 Å². The van der Waals surface area contributed by atoms with Crippen LogP contribution in [0, 0.1) is 0 Å². The monoisotopic (exact) mass is 402 g/mol. The first kappa shape index (κ1) is 17.9. The van der Waals surface area contributed by atoms with Gasteiger partial charge in [-0.3, -0.25) is 4.79 Å². The topological polar surface area (TPSA) is 92.9 Å². The molecule has 140 valence electrons. The smallest absolute Gasteiger partial charge is 0.233 e. The molecule has 1 fully saturated rings. The average Bonchev–Trinajstić information content (AvgIpc) is 3.39. The van der Waals surface area contributed by atoms with E-state index in [1.165, 1.54) is 16.6 Å². The fraction of sp³-hybridized carbons (Fsp3) is 0.375.